The number of aliphatic carboxylic acids is 1. The molecule has 6 nitrogen and oxygen atoms in total. The second kappa shape index (κ2) is 6.94. The van der Waals surface area contributed by atoms with Crippen molar-refractivity contribution in [1.82, 2.24) is 14.5 Å². The molecule has 0 saturated carbocycles. The van der Waals surface area contributed by atoms with E-state index in [1.807, 2.05) is 38.1 Å². The molecule has 0 aliphatic heterocycles. The summed E-state index contributed by atoms with van der Waals surface area (Å²) in [7, 11) is 0. The highest BCUT2D eigenvalue weighted by Crippen LogP contribution is 2.32. The Labute approximate surface area is 153 Å². The number of nitrogen functional groups attached to an aromatic ring is 1. The summed E-state index contributed by atoms with van der Waals surface area (Å²) in [5.41, 5.74) is 8.29. The molecule has 3 aromatic rings. The van der Waals surface area contributed by atoms with Gasteiger partial charge in [0.15, 0.2) is 5.82 Å². The number of anilines is 1. The molecule has 0 fully saturated rings. The highest BCUT2D eigenvalue weighted by Gasteiger charge is 2.26. The van der Waals surface area contributed by atoms with E-state index in [4.69, 9.17) is 10.7 Å². The maximum Gasteiger partial charge on any atom is 0.303 e. The monoisotopic (exact) mass is 354 g/mol. The van der Waals surface area contributed by atoms with Crippen LogP contribution < -0.4 is 5.73 Å². The molecule has 0 atom stereocenters. The number of fused-ring (bicyclic) bond motifs is 3. The number of imidazole rings is 1. The van der Waals surface area contributed by atoms with Crippen molar-refractivity contribution in [3.63, 3.8) is 0 Å². The minimum absolute atomic E-state index is 0.0956. The van der Waals surface area contributed by atoms with E-state index in [1.54, 1.807) is 0 Å². The number of hydrogen-bond acceptors (Lipinski definition) is 4. The topological polar surface area (TPSA) is 94.0 Å². The van der Waals surface area contributed by atoms with Crippen LogP contribution in [0.2, 0.25) is 0 Å². The van der Waals surface area contributed by atoms with E-state index in [0.717, 1.165) is 41.5 Å². The van der Waals surface area contributed by atoms with Crippen molar-refractivity contribution < 1.29 is 9.90 Å². The number of nitrogens with two attached hydrogens (primary N) is 1. The normalized spacial score (nSPS) is 12.1. The summed E-state index contributed by atoms with van der Waals surface area (Å²) < 4.78 is 2.16. The van der Waals surface area contributed by atoms with Gasteiger partial charge in [0, 0.05) is 18.4 Å². The van der Waals surface area contributed by atoms with Gasteiger partial charge in [-0.05, 0) is 17.9 Å². The summed E-state index contributed by atoms with van der Waals surface area (Å²) >= 11 is 0. The molecule has 3 N–H and O–H groups in total. The summed E-state index contributed by atoms with van der Waals surface area (Å²) in [6.45, 7) is 6.67. The fourth-order valence-electron chi connectivity index (χ4n) is 3.49. The first-order chi connectivity index (χ1) is 12.3. The summed E-state index contributed by atoms with van der Waals surface area (Å²) in [5.74, 6) is 0.581. The molecule has 0 aliphatic rings. The molecule has 26 heavy (non-hydrogen) atoms. The first-order valence-electron chi connectivity index (χ1n) is 9.07. The number of unbranched alkanes of at least 4 members (excludes halogenated alkanes) is 1. The van der Waals surface area contributed by atoms with Gasteiger partial charge in [0.2, 0.25) is 0 Å². The summed E-state index contributed by atoms with van der Waals surface area (Å²) in [5, 5.41) is 10.3. The lowest BCUT2D eigenvalue weighted by molar-refractivity contribution is -0.139. The molecule has 0 amide bonds. The van der Waals surface area contributed by atoms with Crippen LogP contribution in [0, 0.1) is 5.41 Å². The Balaban J connectivity index is 2.24. The van der Waals surface area contributed by atoms with Crippen LogP contribution in [0.4, 0.5) is 5.82 Å². The third kappa shape index (κ3) is 3.49. The number of pyridine rings is 1. The molecule has 138 valence electrons. The second-order valence-corrected chi connectivity index (χ2v) is 7.66. The number of hydrogen-bond donors (Lipinski definition) is 2. The van der Waals surface area contributed by atoms with Gasteiger partial charge in [-0.3, -0.25) is 4.79 Å². The van der Waals surface area contributed by atoms with Crippen LogP contribution in [0.3, 0.4) is 0 Å². The van der Waals surface area contributed by atoms with Crippen molar-refractivity contribution >= 4 is 33.7 Å². The number of carboxylic acids is 1. The van der Waals surface area contributed by atoms with Crippen molar-refractivity contribution in [2.45, 2.75) is 53.0 Å². The number of benzene rings is 1. The molecular formula is C20H26N4O2. The van der Waals surface area contributed by atoms with E-state index in [1.165, 1.54) is 0 Å². The molecule has 3 rings (SSSR count). The standard InChI is InChI=1S/C20H26N4O2/c1-4-5-10-15-23-17-18(24(15)12-20(2,3)11-16(25)26)13-8-6-7-9-14(13)22-19(17)21/h6-9H,4-5,10-12H2,1-3H3,(H2,21,22)(H,25,26). The van der Waals surface area contributed by atoms with E-state index in [0.29, 0.717) is 17.9 Å². The molecule has 0 saturated heterocycles. The first kappa shape index (κ1) is 18.2. The second-order valence-electron chi connectivity index (χ2n) is 7.66. The molecule has 0 spiro atoms. The fourth-order valence-corrected chi connectivity index (χ4v) is 3.49. The molecule has 0 bridgehead atoms. The molecular weight excluding hydrogens is 328 g/mol. The van der Waals surface area contributed by atoms with Gasteiger partial charge in [-0.2, -0.15) is 0 Å². The number of rotatable bonds is 7. The summed E-state index contributed by atoms with van der Waals surface area (Å²) in [6, 6.07) is 7.88. The van der Waals surface area contributed by atoms with E-state index in [9.17, 15) is 9.90 Å². The Morgan fingerprint density at radius 1 is 1.27 bits per heavy atom. The number of para-hydroxylation sites is 1. The number of aromatic nitrogens is 3. The molecule has 2 heterocycles. The Kier molecular flexibility index (Phi) is 4.85. The van der Waals surface area contributed by atoms with Gasteiger partial charge in [0.05, 0.1) is 17.5 Å². The van der Waals surface area contributed by atoms with E-state index < -0.39 is 11.4 Å². The number of nitrogens with zero attached hydrogens (tertiary/aromatic N) is 3. The molecule has 1 aromatic carbocycles. The largest absolute Gasteiger partial charge is 0.481 e. The van der Waals surface area contributed by atoms with Gasteiger partial charge in [-0.1, -0.05) is 45.4 Å². The summed E-state index contributed by atoms with van der Waals surface area (Å²) in [6.07, 6.45) is 3.02. The Morgan fingerprint density at radius 3 is 2.69 bits per heavy atom. The van der Waals surface area contributed by atoms with Crippen LogP contribution in [0.15, 0.2) is 24.3 Å². The van der Waals surface area contributed by atoms with Gasteiger partial charge in [0.25, 0.3) is 0 Å². The van der Waals surface area contributed by atoms with Crippen LogP contribution in [0.1, 0.15) is 45.9 Å². The SMILES string of the molecule is CCCCc1nc2c(N)nc3ccccc3c2n1CC(C)(C)CC(=O)O. The lowest BCUT2D eigenvalue weighted by Crippen LogP contribution is -2.24. The predicted octanol–water partition coefficient (Wildman–Crippen LogP) is 4.01. The average molecular weight is 354 g/mol. The van der Waals surface area contributed by atoms with Crippen LogP contribution in [0.5, 0.6) is 0 Å². The number of aryl methyl sites for hydroxylation is 1. The third-order valence-electron chi connectivity index (χ3n) is 4.66. The lowest BCUT2D eigenvalue weighted by Gasteiger charge is -2.25. The Morgan fingerprint density at radius 2 is 2.00 bits per heavy atom. The van der Waals surface area contributed by atoms with Gasteiger partial charge in [-0.25, -0.2) is 9.97 Å². The van der Waals surface area contributed by atoms with Crippen molar-refractivity contribution in [3.8, 4) is 0 Å². The zero-order valence-electron chi connectivity index (χ0n) is 15.6. The maximum absolute atomic E-state index is 11.3. The Bertz CT molecular complexity index is 959. The van der Waals surface area contributed by atoms with Crippen molar-refractivity contribution in [3.05, 3.63) is 30.1 Å². The van der Waals surface area contributed by atoms with Crippen molar-refractivity contribution in [2.24, 2.45) is 5.41 Å². The van der Waals surface area contributed by atoms with Gasteiger partial charge in [-0.15, -0.1) is 0 Å². The van der Waals surface area contributed by atoms with Crippen molar-refractivity contribution in [2.75, 3.05) is 5.73 Å². The van der Waals surface area contributed by atoms with Crippen LogP contribution in [-0.4, -0.2) is 25.6 Å². The third-order valence-corrected chi connectivity index (χ3v) is 4.66. The minimum Gasteiger partial charge on any atom is -0.481 e. The van der Waals surface area contributed by atoms with Crippen LogP contribution in [-0.2, 0) is 17.8 Å². The first-order valence-corrected chi connectivity index (χ1v) is 9.07. The van der Waals surface area contributed by atoms with Gasteiger partial charge >= 0.3 is 5.97 Å². The highest BCUT2D eigenvalue weighted by molar-refractivity contribution is 6.06. The van der Waals surface area contributed by atoms with E-state index in [2.05, 4.69) is 16.5 Å². The molecule has 0 aliphatic carbocycles. The average Bonchev–Trinajstić information content (AvgIpc) is 2.90. The zero-order chi connectivity index (χ0) is 18.9. The smallest absolute Gasteiger partial charge is 0.303 e. The number of carbonyl (C=O) groups is 1. The molecule has 0 radical (unpaired) electrons. The van der Waals surface area contributed by atoms with E-state index in [-0.39, 0.29) is 6.42 Å². The molecule has 6 heteroatoms. The minimum atomic E-state index is -0.791. The van der Waals surface area contributed by atoms with Gasteiger partial charge in [0.1, 0.15) is 11.3 Å². The van der Waals surface area contributed by atoms with Gasteiger partial charge < -0.3 is 15.4 Å². The lowest BCUT2D eigenvalue weighted by atomic mass is 9.89. The Hall–Kier alpha value is -2.63. The van der Waals surface area contributed by atoms with E-state index >= 15 is 0 Å². The van der Waals surface area contributed by atoms with Crippen LogP contribution in [0.25, 0.3) is 21.9 Å². The highest BCUT2D eigenvalue weighted by atomic mass is 16.4. The zero-order valence-corrected chi connectivity index (χ0v) is 15.6. The fraction of sp³-hybridized carbons (Fsp3) is 0.450. The predicted molar refractivity (Wildman–Crippen MR) is 104 cm³/mol. The van der Waals surface area contributed by atoms with Crippen LogP contribution >= 0.6 is 0 Å². The maximum atomic E-state index is 11.3. The molecule has 2 aromatic heterocycles. The molecule has 0 unspecified atom stereocenters. The van der Waals surface area contributed by atoms with Crippen molar-refractivity contribution in [1.29, 1.82) is 0 Å². The quantitative estimate of drug-likeness (QED) is 0.668. The summed E-state index contributed by atoms with van der Waals surface area (Å²) in [4.78, 5) is 20.6. The number of carboxylic acid groups (broad SMARTS) is 1.